The van der Waals surface area contributed by atoms with E-state index in [1.54, 1.807) is 6.08 Å². The molecule has 0 spiro atoms. The molecule has 8 nitrogen and oxygen atoms in total. The molecule has 0 aliphatic heterocycles. The van der Waals surface area contributed by atoms with Gasteiger partial charge in [0.05, 0.1) is 39.9 Å². The highest BCUT2D eigenvalue weighted by molar-refractivity contribution is 7.45. The van der Waals surface area contributed by atoms with Gasteiger partial charge in [0.1, 0.15) is 13.2 Å². The van der Waals surface area contributed by atoms with Gasteiger partial charge in [-0.25, -0.2) is 0 Å². The second-order valence-electron chi connectivity index (χ2n) is 26.6. The van der Waals surface area contributed by atoms with Gasteiger partial charge in [-0.3, -0.25) is 9.36 Å². The minimum atomic E-state index is -4.61. The number of aliphatic hydroxyl groups excluding tert-OH is 1. The third-order valence-corrected chi connectivity index (χ3v) is 17.9. The van der Waals surface area contributed by atoms with E-state index in [9.17, 15) is 19.4 Å². The largest absolute Gasteiger partial charge is 0.756 e. The zero-order valence-corrected chi connectivity index (χ0v) is 58.2. The highest BCUT2D eigenvalue weighted by Gasteiger charge is 2.23. The summed E-state index contributed by atoms with van der Waals surface area (Å²) in [7, 11) is 1.26. The van der Waals surface area contributed by atoms with Gasteiger partial charge < -0.3 is 28.8 Å². The predicted octanol–water partition coefficient (Wildman–Crippen LogP) is 23.3. The molecule has 0 aromatic heterocycles. The third-order valence-electron chi connectivity index (χ3n) is 16.9. The van der Waals surface area contributed by atoms with Gasteiger partial charge in [0.2, 0.25) is 5.91 Å². The number of likely N-dealkylation sites (N-methyl/N-ethyl adjacent to an activating group) is 1. The first-order valence-electron chi connectivity index (χ1n) is 37.2. The normalized spacial score (nSPS) is 13.9. The van der Waals surface area contributed by atoms with Gasteiger partial charge in [-0.15, -0.1) is 0 Å². The molecule has 2 N–H and O–H groups in total. The average Bonchev–Trinajstić information content (AvgIpc) is 3.48. The number of carbonyl (C=O) groups excluding carboxylic acids is 1. The molecule has 0 saturated carbocycles. The summed E-state index contributed by atoms with van der Waals surface area (Å²) in [6.07, 6.45) is 92.2. The van der Waals surface area contributed by atoms with Crippen LogP contribution in [0, 0.1) is 0 Å². The van der Waals surface area contributed by atoms with Crippen LogP contribution in [0.5, 0.6) is 0 Å². The van der Waals surface area contributed by atoms with Gasteiger partial charge in [0.25, 0.3) is 7.82 Å². The molecule has 0 aliphatic rings. The van der Waals surface area contributed by atoms with E-state index < -0.39 is 26.6 Å². The van der Waals surface area contributed by atoms with Crippen LogP contribution in [0.2, 0.25) is 0 Å². The zero-order valence-electron chi connectivity index (χ0n) is 57.3. The first-order chi connectivity index (χ1) is 41.5. The molecule has 1 amide bonds. The maximum Gasteiger partial charge on any atom is 0.268 e. The van der Waals surface area contributed by atoms with Crippen molar-refractivity contribution in [3.8, 4) is 0 Å². The monoisotopic (exact) mass is 1210 g/mol. The maximum absolute atomic E-state index is 13.1. The fourth-order valence-electron chi connectivity index (χ4n) is 11.2. The summed E-state index contributed by atoms with van der Waals surface area (Å²) in [5.74, 6) is -0.201. The van der Waals surface area contributed by atoms with Crippen molar-refractivity contribution in [3.05, 3.63) is 60.8 Å². The van der Waals surface area contributed by atoms with Crippen LogP contribution in [0.1, 0.15) is 367 Å². The smallest absolute Gasteiger partial charge is 0.268 e. The highest BCUT2D eigenvalue weighted by atomic mass is 31.2. The lowest BCUT2D eigenvalue weighted by Crippen LogP contribution is -2.45. The van der Waals surface area contributed by atoms with Crippen molar-refractivity contribution in [2.75, 3.05) is 40.9 Å². The lowest BCUT2D eigenvalue weighted by Gasteiger charge is -2.29. The van der Waals surface area contributed by atoms with E-state index in [1.807, 2.05) is 27.2 Å². The number of hydrogen-bond acceptors (Lipinski definition) is 6. The molecule has 0 aromatic rings. The summed E-state index contributed by atoms with van der Waals surface area (Å²) in [5, 5.41) is 14.0. The van der Waals surface area contributed by atoms with Crippen molar-refractivity contribution in [1.29, 1.82) is 0 Å². The van der Waals surface area contributed by atoms with E-state index in [0.29, 0.717) is 17.4 Å². The molecule has 0 bridgehead atoms. The maximum atomic E-state index is 13.1. The van der Waals surface area contributed by atoms with Crippen LogP contribution >= 0.6 is 7.82 Å². The fraction of sp³-hybridized carbons (Fsp3) is 0.855. The number of aliphatic hydroxyl groups is 1. The van der Waals surface area contributed by atoms with Gasteiger partial charge >= 0.3 is 0 Å². The Balaban J connectivity index is 4.04. The number of amides is 1. The number of phosphoric acid groups is 1. The first-order valence-corrected chi connectivity index (χ1v) is 38.6. The van der Waals surface area contributed by atoms with E-state index in [-0.39, 0.29) is 12.5 Å². The molecule has 85 heavy (non-hydrogen) atoms. The van der Waals surface area contributed by atoms with Crippen molar-refractivity contribution >= 4 is 13.7 Å². The molecule has 3 unspecified atom stereocenters. The Morgan fingerprint density at radius 2 is 0.694 bits per heavy atom. The van der Waals surface area contributed by atoms with E-state index in [1.165, 1.54) is 295 Å². The van der Waals surface area contributed by atoms with E-state index in [0.717, 1.165) is 51.4 Å². The second kappa shape index (κ2) is 66.6. The van der Waals surface area contributed by atoms with Gasteiger partial charge in [-0.2, -0.15) is 0 Å². The van der Waals surface area contributed by atoms with Crippen LogP contribution in [-0.2, 0) is 18.4 Å². The molecule has 0 aromatic carbocycles. The number of rotatable bonds is 69. The van der Waals surface area contributed by atoms with Crippen LogP contribution in [-0.4, -0.2) is 68.5 Å². The number of unbranched alkanes of at least 4 members (excludes halogenated alkanes) is 48. The number of hydrogen-bond donors (Lipinski definition) is 2. The molecule has 0 rings (SSSR count). The molecule has 0 saturated heterocycles. The standard InChI is InChI=1S/C76H145N2O6P/c1-6-8-10-12-14-16-18-20-22-24-26-28-30-32-34-36-37-38-39-40-41-42-44-46-48-50-52-54-56-58-60-62-64-66-68-70-76(80)77-74(73-84-85(81,82)83-72-71-78(3,4)5)75(79)69-67-65-63-61-59-57-55-53-51-49-47-45-43-35-33-31-29-27-25-23-21-19-17-15-13-11-9-7-2/h18,20,24,26,30,32,59,61,67,69,74-75,79H,6-17,19,21-23,25,27-29,31,33-58,60,62-66,68,70-73H2,1-5H3,(H-,77,80,81,82)/b20-18-,26-24-,32-30-,61-59+,69-67+. The predicted molar refractivity (Wildman–Crippen MR) is 371 cm³/mol. The van der Waals surface area contributed by atoms with Crippen molar-refractivity contribution in [3.63, 3.8) is 0 Å². The van der Waals surface area contributed by atoms with Gasteiger partial charge in [-0.1, -0.05) is 351 Å². The Kier molecular flexibility index (Phi) is 65.2. The number of phosphoric ester groups is 1. The van der Waals surface area contributed by atoms with Crippen LogP contribution in [0.3, 0.4) is 0 Å². The number of carbonyl (C=O) groups is 1. The average molecular weight is 1210 g/mol. The molecule has 9 heteroatoms. The molecule has 0 fully saturated rings. The van der Waals surface area contributed by atoms with E-state index in [2.05, 4.69) is 67.8 Å². The number of quaternary nitrogens is 1. The molecule has 0 radical (unpaired) electrons. The summed E-state index contributed by atoms with van der Waals surface area (Å²) in [5.41, 5.74) is 0. The molecule has 0 heterocycles. The highest BCUT2D eigenvalue weighted by Crippen LogP contribution is 2.38. The molecular formula is C76H145N2O6P. The fourth-order valence-corrected chi connectivity index (χ4v) is 11.9. The summed E-state index contributed by atoms with van der Waals surface area (Å²) in [6, 6.07) is -0.906. The summed E-state index contributed by atoms with van der Waals surface area (Å²) < 4.78 is 23.5. The summed E-state index contributed by atoms with van der Waals surface area (Å²) >= 11 is 0. The number of nitrogens with zero attached hydrogens (tertiary/aromatic N) is 1. The number of allylic oxidation sites excluding steroid dienone is 9. The minimum Gasteiger partial charge on any atom is -0.756 e. The summed E-state index contributed by atoms with van der Waals surface area (Å²) in [4.78, 5) is 25.7. The van der Waals surface area contributed by atoms with Crippen molar-refractivity contribution in [2.45, 2.75) is 379 Å². The van der Waals surface area contributed by atoms with E-state index >= 15 is 0 Å². The quantitative estimate of drug-likeness (QED) is 0.0272. The molecular weight excluding hydrogens is 1070 g/mol. The first kappa shape index (κ1) is 83.2. The van der Waals surface area contributed by atoms with Crippen molar-refractivity contribution < 1.29 is 32.9 Å². The molecule has 3 atom stereocenters. The topological polar surface area (TPSA) is 108 Å². The molecule has 0 aliphatic carbocycles. The Labute approximate surface area is 530 Å². The van der Waals surface area contributed by atoms with Crippen molar-refractivity contribution in [1.82, 2.24) is 5.32 Å². The summed E-state index contributed by atoms with van der Waals surface area (Å²) in [6.45, 7) is 4.67. The second-order valence-corrected chi connectivity index (χ2v) is 28.1. The lowest BCUT2D eigenvalue weighted by atomic mass is 10.0. The lowest BCUT2D eigenvalue weighted by molar-refractivity contribution is -0.870. The Bertz CT molecular complexity index is 1570. The zero-order chi connectivity index (χ0) is 61.9. The third kappa shape index (κ3) is 69.5. The minimum absolute atomic E-state index is 0.00587. The van der Waals surface area contributed by atoms with Crippen molar-refractivity contribution in [2.24, 2.45) is 0 Å². The Morgan fingerprint density at radius 1 is 0.412 bits per heavy atom. The Hall–Kier alpha value is -1.80. The van der Waals surface area contributed by atoms with Crippen LogP contribution < -0.4 is 10.2 Å². The number of nitrogens with one attached hydrogen (secondary N) is 1. The van der Waals surface area contributed by atoms with Crippen LogP contribution in [0.4, 0.5) is 0 Å². The van der Waals surface area contributed by atoms with Gasteiger partial charge in [0.15, 0.2) is 0 Å². The molecule has 500 valence electrons. The van der Waals surface area contributed by atoms with Crippen LogP contribution in [0.25, 0.3) is 0 Å². The SMILES string of the molecule is CCCCCCC/C=C\C/C=C\C/C=C\CCCCCCCCCCCCCCCCCCCCCCC(=O)NC(COP(=O)([O-])OCC[N+](C)(C)C)C(O)/C=C/CC/C=C/CCCCCCCCCCCCCCCCCCCCCCCC. The van der Waals surface area contributed by atoms with Gasteiger partial charge in [0, 0.05) is 6.42 Å². The Morgan fingerprint density at radius 3 is 1.04 bits per heavy atom. The van der Waals surface area contributed by atoms with Gasteiger partial charge in [-0.05, 0) is 70.6 Å². The van der Waals surface area contributed by atoms with Crippen LogP contribution in [0.15, 0.2) is 60.8 Å². The van der Waals surface area contributed by atoms with E-state index in [4.69, 9.17) is 9.05 Å².